The Balaban J connectivity index is 1.58. The number of amides is 2. The van der Waals surface area contributed by atoms with Crippen molar-refractivity contribution < 1.29 is 19.1 Å². The number of hydrogen-bond acceptors (Lipinski definition) is 3. The Morgan fingerprint density at radius 2 is 1.83 bits per heavy atom. The molecule has 0 atom stereocenters. The van der Waals surface area contributed by atoms with Gasteiger partial charge < -0.3 is 10.4 Å². The molecule has 0 saturated carbocycles. The van der Waals surface area contributed by atoms with Crippen LogP contribution in [0.2, 0.25) is 0 Å². The molecule has 152 valence electrons. The molecular weight excluding hydrogens is 387 g/mol. The van der Waals surface area contributed by atoms with Crippen LogP contribution >= 0.6 is 0 Å². The highest BCUT2D eigenvalue weighted by molar-refractivity contribution is 6.04. The van der Waals surface area contributed by atoms with Gasteiger partial charge in [-0.3, -0.25) is 14.8 Å². The van der Waals surface area contributed by atoms with Crippen molar-refractivity contribution in [2.45, 2.75) is 6.54 Å². The standard InChI is InChI=1S/C22H19FN4O3/c23-18-9-10-19(20(13-18)26-22(29)30)25-21(28)11-8-17-14-24-27(15-17)12-4-7-16-5-2-1-3-6-16/h1-11,13-15,26H,12H2,(H,25,28)(H,29,30). The highest BCUT2D eigenvalue weighted by atomic mass is 19.1. The normalized spacial score (nSPS) is 11.1. The van der Waals surface area contributed by atoms with Crippen LogP contribution in [0.4, 0.5) is 20.6 Å². The van der Waals surface area contributed by atoms with Crippen LogP contribution in [0.25, 0.3) is 12.2 Å². The number of halogens is 1. The molecule has 7 nitrogen and oxygen atoms in total. The summed E-state index contributed by atoms with van der Waals surface area (Å²) in [5.41, 5.74) is 1.91. The summed E-state index contributed by atoms with van der Waals surface area (Å²) in [5.74, 6) is -1.12. The van der Waals surface area contributed by atoms with E-state index in [9.17, 15) is 14.0 Å². The number of carbonyl (C=O) groups is 2. The minimum Gasteiger partial charge on any atom is -0.465 e. The van der Waals surface area contributed by atoms with Gasteiger partial charge in [-0.15, -0.1) is 0 Å². The van der Waals surface area contributed by atoms with E-state index in [0.29, 0.717) is 6.54 Å². The van der Waals surface area contributed by atoms with Crippen molar-refractivity contribution in [2.24, 2.45) is 0 Å². The third kappa shape index (κ3) is 6.16. The van der Waals surface area contributed by atoms with Gasteiger partial charge in [0.15, 0.2) is 0 Å². The Kier molecular flexibility index (Phi) is 6.73. The molecule has 0 spiro atoms. The van der Waals surface area contributed by atoms with Gasteiger partial charge in [-0.2, -0.15) is 5.10 Å². The SMILES string of the molecule is O=C(O)Nc1cc(F)ccc1NC(=O)C=Cc1cnn(CC=Cc2ccccc2)c1. The topological polar surface area (TPSA) is 96.2 Å². The lowest BCUT2D eigenvalue weighted by molar-refractivity contribution is -0.111. The van der Waals surface area contributed by atoms with Crippen LogP contribution < -0.4 is 10.6 Å². The molecule has 1 heterocycles. The van der Waals surface area contributed by atoms with E-state index in [1.807, 2.05) is 47.8 Å². The maximum atomic E-state index is 13.3. The first-order valence-electron chi connectivity index (χ1n) is 9.02. The molecule has 0 aliphatic heterocycles. The van der Waals surface area contributed by atoms with Gasteiger partial charge in [0, 0.05) is 17.8 Å². The van der Waals surface area contributed by atoms with Crippen molar-refractivity contribution in [3.05, 3.63) is 90.0 Å². The first-order valence-corrected chi connectivity index (χ1v) is 9.02. The molecule has 3 rings (SSSR count). The molecule has 30 heavy (non-hydrogen) atoms. The minimum absolute atomic E-state index is 0.0535. The molecule has 0 fully saturated rings. The summed E-state index contributed by atoms with van der Waals surface area (Å²) in [4.78, 5) is 23.0. The monoisotopic (exact) mass is 406 g/mol. The van der Waals surface area contributed by atoms with Crippen LogP contribution in [-0.4, -0.2) is 26.9 Å². The number of benzene rings is 2. The molecule has 0 saturated heterocycles. The van der Waals surface area contributed by atoms with Crippen LogP contribution in [0, 0.1) is 5.82 Å². The Labute approximate surface area is 172 Å². The van der Waals surface area contributed by atoms with Gasteiger partial charge in [-0.1, -0.05) is 42.5 Å². The summed E-state index contributed by atoms with van der Waals surface area (Å²) < 4.78 is 15.0. The Bertz CT molecular complexity index is 1090. The molecule has 0 bridgehead atoms. The smallest absolute Gasteiger partial charge is 0.409 e. The van der Waals surface area contributed by atoms with Gasteiger partial charge in [0.2, 0.25) is 5.91 Å². The van der Waals surface area contributed by atoms with Gasteiger partial charge in [0.05, 0.1) is 24.1 Å². The van der Waals surface area contributed by atoms with Gasteiger partial charge >= 0.3 is 6.09 Å². The van der Waals surface area contributed by atoms with Crippen LogP contribution in [-0.2, 0) is 11.3 Å². The van der Waals surface area contributed by atoms with Crippen molar-refractivity contribution in [1.29, 1.82) is 0 Å². The zero-order valence-electron chi connectivity index (χ0n) is 15.8. The predicted molar refractivity (Wildman–Crippen MR) is 113 cm³/mol. The molecule has 2 aromatic carbocycles. The van der Waals surface area contributed by atoms with Crippen molar-refractivity contribution in [2.75, 3.05) is 10.6 Å². The van der Waals surface area contributed by atoms with Crippen molar-refractivity contribution in [3.8, 4) is 0 Å². The number of aromatic nitrogens is 2. The average Bonchev–Trinajstić information content (AvgIpc) is 3.17. The number of hydrogen-bond donors (Lipinski definition) is 3. The number of allylic oxidation sites excluding steroid dienone is 1. The van der Waals surface area contributed by atoms with Gasteiger partial charge in [0.1, 0.15) is 5.82 Å². The number of carbonyl (C=O) groups excluding carboxylic acids is 1. The van der Waals surface area contributed by atoms with Crippen LogP contribution in [0.15, 0.2) is 73.1 Å². The summed E-state index contributed by atoms with van der Waals surface area (Å²) in [6.45, 7) is 0.578. The van der Waals surface area contributed by atoms with E-state index in [1.54, 1.807) is 23.2 Å². The van der Waals surface area contributed by atoms with Gasteiger partial charge in [0.25, 0.3) is 0 Å². The molecule has 3 N–H and O–H groups in total. The van der Waals surface area contributed by atoms with E-state index >= 15 is 0 Å². The Morgan fingerprint density at radius 3 is 2.60 bits per heavy atom. The zero-order valence-corrected chi connectivity index (χ0v) is 15.8. The Morgan fingerprint density at radius 1 is 1.03 bits per heavy atom. The lowest BCUT2D eigenvalue weighted by Crippen LogP contribution is -2.13. The highest BCUT2D eigenvalue weighted by Gasteiger charge is 2.09. The van der Waals surface area contributed by atoms with E-state index in [4.69, 9.17) is 5.11 Å². The molecular formula is C22H19FN4O3. The number of carboxylic acid groups (broad SMARTS) is 1. The largest absolute Gasteiger partial charge is 0.465 e. The summed E-state index contributed by atoms with van der Waals surface area (Å²) in [5, 5.41) is 17.6. The maximum Gasteiger partial charge on any atom is 0.409 e. The quantitative estimate of drug-likeness (QED) is 0.504. The first kappa shape index (κ1) is 20.5. The van der Waals surface area contributed by atoms with Crippen molar-refractivity contribution in [1.82, 2.24) is 9.78 Å². The number of anilines is 2. The van der Waals surface area contributed by atoms with Crippen LogP contribution in [0.5, 0.6) is 0 Å². The second-order valence-electron chi connectivity index (χ2n) is 6.25. The molecule has 0 radical (unpaired) electrons. The van der Waals surface area contributed by atoms with Crippen LogP contribution in [0.1, 0.15) is 11.1 Å². The Hall–Kier alpha value is -4.20. The first-order chi connectivity index (χ1) is 14.5. The molecule has 8 heteroatoms. The molecule has 0 aliphatic carbocycles. The second-order valence-corrected chi connectivity index (χ2v) is 6.25. The van der Waals surface area contributed by atoms with E-state index < -0.39 is 17.8 Å². The fourth-order valence-corrected chi connectivity index (χ4v) is 2.62. The summed E-state index contributed by atoms with van der Waals surface area (Å²) >= 11 is 0. The van der Waals surface area contributed by atoms with Gasteiger partial charge in [-0.25, -0.2) is 9.18 Å². The lowest BCUT2D eigenvalue weighted by Gasteiger charge is -2.09. The fraction of sp³-hybridized carbons (Fsp3) is 0.0455. The maximum absolute atomic E-state index is 13.3. The average molecular weight is 406 g/mol. The molecule has 0 unspecified atom stereocenters. The minimum atomic E-state index is -1.36. The molecule has 1 aromatic heterocycles. The number of nitrogens with one attached hydrogen (secondary N) is 2. The van der Waals surface area contributed by atoms with E-state index in [1.165, 1.54) is 12.1 Å². The summed E-state index contributed by atoms with van der Waals surface area (Å²) in [6.07, 6.45) is 8.89. The molecule has 3 aromatic rings. The number of rotatable bonds is 7. The lowest BCUT2D eigenvalue weighted by atomic mass is 10.2. The fourth-order valence-electron chi connectivity index (χ4n) is 2.62. The second kappa shape index (κ2) is 9.83. The number of nitrogens with zero attached hydrogens (tertiary/aromatic N) is 2. The molecule has 2 amide bonds. The van der Waals surface area contributed by atoms with E-state index in [2.05, 4.69) is 10.4 Å². The zero-order chi connectivity index (χ0) is 21.3. The van der Waals surface area contributed by atoms with Crippen molar-refractivity contribution in [3.63, 3.8) is 0 Å². The summed E-state index contributed by atoms with van der Waals surface area (Å²) in [7, 11) is 0. The molecule has 0 aliphatic rings. The van der Waals surface area contributed by atoms with Crippen LogP contribution in [0.3, 0.4) is 0 Å². The van der Waals surface area contributed by atoms with Crippen molar-refractivity contribution >= 4 is 35.5 Å². The highest BCUT2D eigenvalue weighted by Crippen LogP contribution is 2.22. The van der Waals surface area contributed by atoms with E-state index in [0.717, 1.165) is 23.3 Å². The third-order valence-electron chi connectivity index (χ3n) is 3.96. The van der Waals surface area contributed by atoms with E-state index in [-0.39, 0.29) is 11.4 Å². The van der Waals surface area contributed by atoms with Gasteiger partial charge in [-0.05, 0) is 29.8 Å². The predicted octanol–water partition coefficient (Wildman–Crippen LogP) is 4.48. The summed E-state index contributed by atoms with van der Waals surface area (Å²) in [6, 6.07) is 13.3. The third-order valence-corrected chi connectivity index (χ3v) is 3.96.